The zero-order chi connectivity index (χ0) is 19.4. The van der Waals surface area contributed by atoms with Crippen molar-refractivity contribution >= 4 is 46.4 Å². The molecule has 0 unspecified atom stereocenters. The van der Waals surface area contributed by atoms with Crippen LogP contribution in [0, 0.1) is 0 Å². The monoisotopic (exact) mass is 425 g/mol. The number of thiocarbonyl (C=S) groups is 1. The van der Waals surface area contributed by atoms with Crippen molar-refractivity contribution in [2.75, 3.05) is 33.4 Å². The van der Waals surface area contributed by atoms with E-state index >= 15 is 0 Å². The number of hydrogen-bond acceptors (Lipinski definition) is 5. The van der Waals surface area contributed by atoms with E-state index in [-0.39, 0.29) is 16.3 Å². The van der Waals surface area contributed by atoms with Gasteiger partial charge in [0.2, 0.25) is 0 Å². The van der Waals surface area contributed by atoms with E-state index in [1.807, 2.05) is 4.90 Å². The molecule has 0 bridgehead atoms. The van der Waals surface area contributed by atoms with Gasteiger partial charge in [-0.2, -0.15) is 0 Å². The minimum absolute atomic E-state index is 0.123. The van der Waals surface area contributed by atoms with E-state index < -0.39 is 5.97 Å². The Morgan fingerprint density at radius 1 is 1.15 bits per heavy atom. The first-order chi connectivity index (χ1) is 13.0. The Bertz CT molecular complexity index is 869. The van der Waals surface area contributed by atoms with Gasteiger partial charge in [0.1, 0.15) is 4.99 Å². The third-order valence-electron chi connectivity index (χ3n) is 4.06. The maximum atomic E-state index is 12.5. The smallest absolute Gasteiger partial charge is 0.345 e. The Morgan fingerprint density at radius 3 is 2.52 bits per heavy atom. The lowest BCUT2D eigenvalue weighted by atomic mass is 10.1. The molecule has 2 aromatic carbocycles. The van der Waals surface area contributed by atoms with Crippen molar-refractivity contribution in [1.82, 2.24) is 4.90 Å². The average molecular weight is 426 g/mol. The molecule has 8 heteroatoms. The predicted octanol–water partition coefficient (Wildman–Crippen LogP) is 4.23. The lowest BCUT2D eigenvalue weighted by Gasteiger charge is -2.29. The van der Waals surface area contributed by atoms with Gasteiger partial charge in [-0.1, -0.05) is 47.6 Å². The Balaban J connectivity index is 1.87. The summed E-state index contributed by atoms with van der Waals surface area (Å²) >= 11 is 18.0. The van der Waals surface area contributed by atoms with Crippen molar-refractivity contribution < 1.29 is 19.0 Å². The molecule has 1 fully saturated rings. The van der Waals surface area contributed by atoms with E-state index in [0.29, 0.717) is 47.6 Å². The summed E-state index contributed by atoms with van der Waals surface area (Å²) in [6.45, 7) is 2.67. The first kappa shape index (κ1) is 19.9. The van der Waals surface area contributed by atoms with Crippen LogP contribution in [-0.4, -0.2) is 49.3 Å². The zero-order valence-electron chi connectivity index (χ0n) is 14.5. The molecule has 1 heterocycles. The molecule has 3 rings (SSSR count). The van der Waals surface area contributed by atoms with E-state index in [1.54, 1.807) is 36.4 Å². The van der Waals surface area contributed by atoms with Crippen LogP contribution < -0.4 is 9.47 Å². The normalized spacial score (nSPS) is 14.0. The Hall–Kier alpha value is -1.86. The number of rotatable bonds is 4. The van der Waals surface area contributed by atoms with E-state index in [0.717, 1.165) is 0 Å². The van der Waals surface area contributed by atoms with Crippen molar-refractivity contribution in [2.24, 2.45) is 0 Å². The van der Waals surface area contributed by atoms with Crippen LogP contribution in [0.25, 0.3) is 0 Å². The molecule has 0 atom stereocenters. The van der Waals surface area contributed by atoms with Crippen LogP contribution in [0.3, 0.4) is 0 Å². The molecule has 1 aliphatic heterocycles. The number of morpholine rings is 1. The van der Waals surface area contributed by atoms with Crippen molar-refractivity contribution in [3.63, 3.8) is 0 Å². The summed E-state index contributed by atoms with van der Waals surface area (Å²) in [7, 11) is 1.47. The number of methoxy groups -OCH3 is 1. The van der Waals surface area contributed by atoms with Crippen LogP contribution in [0.1, 0.15) is 15.9 Å². The number of hydrogen-bond donors (Lipinski definition) is 0. The molecule has 142 valence electrons. The molecule has 0 N–H and O–H groups in total. The molecule has 1 saturated heterocycles. The van der Waals surface area contributed by atoms with Gasteiger partial charge >= 0.3 is 5.97 Å². The van der Waals surface area contributed by atoms with Gasteiger partial charge in [-0.3, -0.25) is 0 Å². The Morgan fingerprint density at radius 2 is 1.85 bits per heavy atom. The van der Waals surface area contributed by atoms with Gasteiger partial charge in [-0.05, 0) is 24.3 Å². The highest BCUT2D eigenvalue weighted by atomic mass is 35.5. The van der Waals surface area contributed by atoms with Gasteiger partial charge in [-0.15, -0.1) is 0 Å². The topological polar surface area (TPSA) is 48.0 Å². The van der Waals surface area contributed by atoms with Gasteiger partial charge < -0.3 is 19.1 Å². The summed E-state index contributed by atoms with van der Waals surface area (Å²) in [6.07, 6.45) is 0. The minimum Gasteiger partial charge on any atom is -0.493 e. The minimum atomic E-state index is -0.621. The van der Waals surface area contributed by atoms with E-state index in [1.165, 1.54) is 7.11 Å². The number of nitrogens with zero attached hydrogens (tertiary/aromatic N) is 1. The number of esters is 1. The molecule has 0 aromatic heterocycles. The molecule has 0 saturated carbocycles. The van der Waals surface area contributed by atoms with E-state index in [4.69, 9.17) is 49.6 Å². The Kier molecular flexibility index (Phi) is 6.55. The van der Waals surface area contributed by atoms with Gasteiger partial charge in [0.05, 0.1) is 35.9 Å². The average Bonchev–Trinajstić information content (AvgIpc) is 2.69. The molecule has 27 heavy (non-hydrogen) atoms. The van der Waals surface area contributed by atoms with Crippen LogP contribution in [-0.2, 0) is 4.74 Å². The van der Waals surface area contributed by atoms with Gasteiger partial charge in [0.25, 0.3) is 0 Å². The van der Waals surface area contributed by atoms with Crippen LogP contribution in [0.5, 0.6) is 11.5 Å². The standard InChI is InChI=1S/C19H17Cl2NO4S/c1-24-16-11-12(18(27)22-6-8-25-9-7-22)10-15(21)17(16)26-19(23)13-4-2-3-5-14(13)20/h2-5,10-11H,6-9H2,1H3. The van der Waals surface area contributed by atoms with Crippen molar-refractivity contribution in [2.45, 2.75) is 0 Å². The van der Waals surface area contributed by atoms with Gasteiger partial charge in [0.15, 0.2) is 11.5 Å². The number of ether oxygens (including phenoxy) is 3. The third kappa shape index (κ3) is 4.52. The number of carbonyl (C=O) groups is 1. The molecule has 2 aromatic rings. The van der Waals surface area contributed by atoms with Crippen molar-refractivity contribution in [3.05, 3.63) is 57.6 Å². The molecule has 0 amide bonds. The fourth-order valence-corrected chi connectivity index (χ4v) is 3.43. The Labute approximate surface area is 172 Å². The second-order valence-electron chi connectivity index (χ2n) is 5.76. The van der Waals surface area contributed by atoms with Crippen LogP contribution in [0.4, 0.5) is 0 Å². The van der Waals surface area contributed by atoms with Crippen LogP contribution >= 0.6 is 35.4 Å². The predicted molar refractivity (Wildman–Crippen MR) is 109 cm³/mol. The molecular formula is C19H17Cl2NO4S. The maximum absolute atomic E-state index is 12.5. The van der Waals surface area contributed by atoms with E-state index in [2.05, 4.69) is 0 Å². The highest BCUT2D eigenvalue weighted by Crippen LogP contribution is 2.37. The first-order valence-corrected chi connectivity index (χ1v) is 9.39. The number of benzene rings is 2. The van der Waals surface area contributed by atoms with Crippen molar-refractivity contribution in [1.29, 1.82) is 0 Å². The van der Waals surface area contributed by atoms with Gasteiger partial charge in [0, 0.05) is 18.7 Å². The SMILES string of the molecule is COc1cc(C(=S)N2CCOCC2)cc(Cl)c1OC(=O)c1ccccc1Cl. The molecule has 5 nitrogen and oxygen atoms in total. The molecule has 0 radical (unpaired) electrons. The molecule has 1 aliphatic rings. The second-order valence-corrected chi connectivity index (χ2v) is 6.96. The summed E-state index contributed by atoms with van der Waals surface area (Å²) in [5.41, 5.74) is 0.955. The summed E-state index contributed by atoms with van der Waals surface area (Å²) in [5.74, 6) is -0.185. The summed E-state index contributed by atoms with van der Waals surface area (Å²) in [6, 6.07) is 9.99. The van der Waals surface area contributed by atoms with Crippen LogP contribution in [0.15, 0.2) is 36.4 Å². The lowest BCUT2D eigenvalue weighted by molar-refractivity contribution is 0.0692. The highest BCUT2D eigenvalue weighted by molar-refractivity contribution is 7.80. The van der Waals surface area contributed by atoms with Gasteiger partial charge in [-0.25, -0.2) is 4.79 Å². The summed E-state index contributed by atoms with van der Waals surface area (Å²) in [5, 5.41) is 0.517. The molecule has 0 spiro atoms. The largest absolute Gasteiger partial charge is 0.493 e. The maximum Gasteiger partial charge on any atom is 0.345 e. The molecule has 0 aliphatic carbocycles. The highest BCUT2D eigenvalue weighted by Gasteiger charge is 2.22. The van der Waals surface area contributed by atoms with E-state index in [9.17, 15) is 4.79 Å². The lowest BCUT2D eigenvalue weighted by Crippen LogP contribution is -2.40. The molecular weight excluding hydrogens is 409 g/mol. The summed E-state index contributed by atoms with van der Waals surface area (Å²) in [4.78, 5) is 15.1. The fourth-order valence-electron chi connectivity index (χ4n) is 2.67. The second kappa shape index (κ2) is 8.89. The third-order valence-corrected chi connectivity index (χ3v) is 5.17. The quantitative estimate of drug-likeness (QED) is 0.415. The fraction of sp³-hybridized carbons (Fsp3) is 0.263. The number of carbonyl (C=O) groups excluding carboxylic acids is 1. The summed E-state index contributed by atoms with van der Waals surface area (Å²) < 4.78 is 16.2. The number of halogens is 2. The zero-order valence-corrected chi connectivity index (χ0v) is 16.9. The van der Waals surface area contributed by atoms with Crippen LogP contribution in [0.2, 0.25) is 10.0 Å². The van der Waals surface area contributed by atoms with Crippen molar-refractivity contribution in [3.8, 4) is 11.5 Å². The first-order valence-electron chi connectivity index (χ1n) is 8.22.